The molecule has 1 fully saturated rings. The second-order valence-electron chi connectivity index (χ2n) is 21.7. The fraction of sp³-hybridized carbons (Fsp3) is 0.333. The number of unbranched alkanes of at least 4 members (excludes halogenated alkanes) is 5. The zero-order chi connectivity index (χ0) is 52.9. The number of allylic oxidation sites excluding steroid dienone is 4. The molecule has 2 aliphatic carbocycles. The van der Waals surface area contributed by atoms with Crippen molar-refractivity contribution in [2.45, 2.75) is 126 Å². The quantitative estimate of drug-likeness (QED) is 0.0379. The summed E-state index contributed by atoms with van der Waals surface area (Å²) in [6.07, 6.45) is 9.53. The highest BCUT2D eigenvalue weighted by Gasteiger charge is 2.84. The molecule has 3 aliphatic heterocycles. The van der Waals surface area contributed by atoms with E-state index >= 15 is 26.3 Å². The van der Waals surface area contributed by atoms with Gasteiger partial charge in [0.05, 0.1) is 21.8 Å². The summed E-state index contributed by atoms with van der Waals surface area (Å²) >= 11 is 2.47. The lowest BCUT2D eigenvalue weighted by Gasteiger charge is -2.47. The van der Waals surface area contributed by atoms with Crippen LogP contribution in [0.4, 0.5) is 32.0 Å². The molecule has 0 bridgehead atoms. The van der Waals surface area contributed by atoms with E-state index in [4.69, 9.17) is 4.74 Å². The highest BCUT2D eigenvalue weighted by molar-refractivity contribution is 8.14. The lowest BCUT2D eigenvalue weighted by molar-refractivity contribution is -0.258. The normalized spacial score (nSPS) is 22.4. The molecule has 0 aromatic heterocycles. The second-order valence-corrected chi connectivity index (χ2v) is 24.7. The van der Waals surface area contributed by atoms with E-state index in [0.29, 0.717) is 55.5 Å². The van der Waals surface area contributed by atoms with E-state index in [-0.39, 0.29) is 23.0 Å². The number of hydrogen-bond donors (Lipinski definition) is 0. The van der Waals surface area contributed by atoms with Gasteiger partial charge in [-0.25, -0.2) is 4.90 Å². The molecule has 12 heteroatoms. The summed E-state index contributed by atoms with van der Waals surface area (Å²) < 4.78 is 101. The Morgan fingerprint density at radius 3 is 1.59 bits per heavy atom. The monoisotopic (exact) mass is 1050 g/mol. The van der Waals surface area contributed by atoms with Crippen molar-refractivity contribution in [1.82, 2.24) is 0 Å². The van der Waals surface area contributed by atoms with Crippen molar-refractivity contribution in [3.63, 3.8) is 0 Å². The number of carbonyl (C=O) groups is 2. The van der Waals surface area contributed by atoms with Crippen LogP contribution in [0.15, 0.2) is 132 Å². The second kappa shape index (κ2) is 17.3. The zero-order valence-electron chi connectivity index (χ0n) is 42.8. The number of imide groups is 1. The number of carbonyl (C=O) groups excluding carboxylic acids is 2. The van der Waals surface area contributed by atoms with Crippen LogP contribution in [-0.2, 0) is 0 Å². The Kier molecular flexibility index (Phi) is 11.5. The lowest BCUT2D eigenvalue weighted by atomic mass is 9.71. The molecule has 1 saturated carbocycles. The molecule has 7 aromatic rings. The molecular weight excluding hydrogens is 997 g/mol. The van der Waals surface area contributed by atoms with E-state index in [1.807, 2.05) is 88.4 Å². The molecule has 2 amide bonds. The van der Waals surface area contributed by atoms with Crippen molar-refractivity contribution < 1.29 is 40.7 Å². The first-order valence-electron chi connectivity index (χ1n) is 26.1. The zero-order valence-corrected chi connectivity index (χ0v) is 44.4. The van der Waals surface area contributed by atoms with E-state index in [9.17, 15) is 9.59 Å². The Balaban J connectivity index is 0.954. The van der Waals surface area contributed by atoms with Gasteiger partial charge >= 0.3 is 17.8 Å². The van der Waals surface area contributed by atoms with Crippen molar-refractivity contribution in [3.05, 3.63) is 165 Å². The summed E-state index contributed by atoms with van der Waals surface area (Å²) in [5, 5.41) is 6.17. The number of benzene rings is 7. The van der Waals surface area contributed by atoms with Crippen molar-refractivity contribution in [1.29, 1.82) is 0 Å². The highest BCUT2D eigenvalue weighted by atomic mass is 32.2. The van der Waals surface area contributed by atoms with Gasteiger partial charge in [0.25, 0.3) is 11.8 Å². The van der Waals surface area contributed by atoms with Gasteiger partial charge in [-0.2, -0.15) is 26.3 Å². The number of para-hydroxylation sites is 1. The number of ether oxygens (including phenoxy) is 1. The van der Waals surface area contributed by atoms with Crippen molar-refractivity contribution in [2.24, 2.45) is 0 Å². The van der Waals surface area contributed by atoms with Crippen molar-refractivity contribution in [3.8, 4) is 5.75 Å². The molecule has 0 N–H and O–H groups in total. The van der Waals surface area contributed by atoms with Crippen LogP contribution < -0.4 is 9.64 Å². The van der Waals surface area contributed by atoms with Gasteiger partial charge in [0, 0.05) is 37.5 Å². The van der Waals surface area contributed by atoms with Gasteiger partial charge in [-0.05, 0) is 140 Å². The van der Waals surface area contributed by atoms with Crippen molar-refractivity contribution >= 4 is 93.9 Å². The molecule has 0 radical (unpaired) electrons. The molecule has 0 saturated heterocycles. The van der Waals surface area contributed by atoms with E-state index in [1.165, 1.54) is 59.8 Å². The molecule has 12 rings (SSSR count). The predicted octanol–water partition coefficient (Wildman–Crippen LogP) is 18.4. The van der Waals surface area contributed by atoms with Gasteiger partial charge in [-0.15, -0.1) is 23.5 Å². The first-order chi connectivity index (χ1) is 35.7. The maximum Gasteiger partial charge on any atom is 0.380 e. The fourth-order valence-electron chi connectivity index (χ4n) is 12.6. The third-order valence-electron chi connectivity index (χ3n) is 16.7. The molecule has 2 atom stereocenters. The topological polar surface area (TPSA) is 46.6 Å². The number of anilines is 1. The average Bonchev–Trinajstić information content (AvgIpc) is 4.15. The molecule has 2 unspecified atom stereocenters. The number of amides is 2. The molecule has 75 heavy (non-hydrogen) atoms. The Morgan fingerprint density at radius 2 is 1.01 bits per heavy atom. The third kappa shape index (κ3) is 6.79. The summed E-state index contributed by atoms with van der Waals surface area (Å²) in [7, 11) is 0. The van der Waals surface area contributed by atoms with Crippen LogP contribution in [0.3, 0.4) is 0 Å². The van der Waals surface area contributed by atoms with Crippen LogP contribution in [0, 0.1) is 0 Å². The first-order valence-corrected chi connectivity index (χ1v) is 27.7. The third-order valence-corrected chi connectivity index (χ3v) is 20.0. The minimum absolute atomic E-state index is 0.0360. The average molecular weight is 1050 g/mol. The maximum atomic E-state index is 16.5. The van der Waals surface area contributed by atoms with E-state index in [1.54, 1.807) is 50.2 Å². The Bertz CT molecular complexity index is 3660. The van der Waals surface area contributed by atoms with Crippen LogP contribution in [0.1, 0.15) is 142 Å². The molecule has 7 aromatic carbocycles. The molecule has 3 heterocycles. The van der Waals surface area contributed by atoms with Gasteiger partial charge < -0.3 is 4.74 Å². The molecule has 5 aliphatic rings. The Hall–Kier alpha value is -5.98. The van der Waals surface area contributed by atoms with Crippen LogP contribution in [0.5, 0.6) is 5.75 Å². The summed E-state index contributed by atoms with van der Waals surface area (Å²) in [5.41, 5.74) is 1.44. The summed E-state index contributed by atoms with van der Waals surface area (Å²) in [4.78, 5) is 32.0. The van der Waals surface area contributed by atoms with Gasteiger partial charge in [-0.1, -0.05) is 140 Å². The maximum absolute atomic E-state index is 16.5. The SMILES string of the molecule is CCCCCCCCOc1ccc(C2=CC3=C4C(=C5C=C(c6ccc7c8ccc9c%10c(ccc(c%11cccc6c%117)c%108)C(=O)N(c6c(C(C)C)cccc6C(C)C)C9=O)SC5(C)C3(C)S2)C(F)(F)C(F)(F)C4(F)F)cc1. The minimum atomic E-state index is -5.69. The van der Waals surface area contributed by atoms with E-state index in [2.05, 4.69) is 6.92 Å². The molecular formula is C63H55F6NO3S2. The predicted molar refractivity (Wildman–Crippen MR) is 296 cm³/mol. The number of thioether (sulfide) groups is 2. The number of nitrogens with zero attached hydrogens (tertiary/aromatic N) is 1. The number of rotatable bonds is 13. The Morgan fingerprint density at radius 1 is 0.533 bits per heavy atom. The summed E-state index contributed by atoms with van der Waals surface area (Å²) in [6.45, 7) is 14.3. The molecule has 0 spiro atoms. The van der Waals surface area contributed by atoms with Crippen LogP contribution >= 0.6 is 23.5 Å². The fourth-order valence-corrected chi connectivity index (χ4v) is 15.8. The standard InChI is InChI=1S/C63H55F6NO3S2/c1-8-9-10-11-12-13-30-73-36-22-20-35(21-23-36)49-31-47-54-55(62(66,67)63(68,69)61(54,64)65)48-32-50(75-60(48,7)59(47,6)74-49)39-24-25-42-44-27-29-46-53-45(28-26-43(52(44)53)41-19-15-18-40(39)51(41)42)57(71)70(58(46)72)56-37(33(2)3)16-14-17-38(56)34(4)5/h14-29,31-34H,8-13,30H2,1-7H3. The van der Waals surface area contributed by atoms with Gasteiger partial charge in [-0.3, -0.25) is 9.59 Å². The number of alkyl halides is 6. The largest absolute Gasteiger partial charge is 0.494 e. The molecule has 4 nitrogen and oxygen atoms in total. The number of hydrogen-bond acceptors (Lipinski definition) is 5. The van der Waals surface area contributed by atoms with Crippen LogP contribution in [0.25, 0.3) is 52.9 Å². The molecule has 384 valence electrons. The van der Waals surface area contributed by atoms with Crippen LogP contribution in [-0.4, -0.2) is 45.7 Å². The van der Waals surface area contributed by atoms with Gasteiger partial charge in [0.2, 0.25) is 0 Å². The smallest absolute Gasteiger partial charge is 0.380 e. The number of halogens is 6. The highest BCUT2D eigenvalue weighted by Crippen LogP contribution is 2.75. The first kappa shape index (κ1) is 49.9. The Labute approximate surface area is 440 Å². The number of fused-ring (bicyclic) bond motifs is 6. The van der Waals surface area contributed by atoms with Gasteiger partial charge in [0.15, 0.2) is 0 Å². The van der Waals surface area contributed by atoms with Crippen molar-refractivity contribution in [2.75, 3.05) is 11.5 Å². The summed E-state index contributed by atoms with van der Waals surface area (Å²) in [5.74, 6) is -16.1. The minimum Gasteiger partial charge on any atom is -0.494 e. The van der Waals surface area contributed by atoms with Gasteiger partial charge in [0.1, 0.15) is 5.75 Å². The summed E-state index contributed by atoms with van der Waals surface area (Å²) in [6, 6.07) is 30.1. The van der Waals surface area contributed by atoms with E-state index in [0.717, 1.165) is 68.1 Å². The lowest BCUT2D eigenvalue weighted by Crippen LogP contribution is -2.48. The van der Waals surface area contributed by atoms with Crippen LogP contribution in [0.2, 0.25) is 0 Å². The van der Waals surface area contributed by atoms with E-state index < -0.39 is 50.2 Å².